The molecule has 1 fully saturated rings. The summed E-state index contributed by atoms with van der Waals surface area (Å²) in [6, 6.07) is 18.3. The normalized spacial score (nSPS) is 16.8. The number of carbonyl (C=O) groups excluding carboxylic acids is 1. The summed E-state index contributed by atoms with van der Waals surface area (Å²) in [6.45, 7) is 3.68. The van der Waals surface area contributed by atoms with Crippen LogP contribution in [0.2, 0.25) is 15.1 Å². The number of nitrogens with zero attached hydrogens (tertiary/aromatic N) is 1. The number of benzene rings is 3. The van der Waals surface area contributed by atoms with Crippen molar-refractivity contribution in [2.75, 3.05) is 0 Å². The van der Waals surface area contributed by atoms with Crippen LogP contribution in [0, 0.1) is 0 Å². The lowest BCUT2D eigenvalue weighted by Gasteiger charge is -2.16. The molecule has 1 aliphatic carbocycles. The molecule has 0 amide bonds. The number of aromatic nitrogens is 1. The van der Waals surface area contributed by atoms with Crippen LogP contribution in [0.3, 0.4) is 0 Å². The van der Waals surface area contributed by atoms with Gasteiger partial charge < -0.3 is 19.1 Å². The van der Waals surface area contributed by atoms with Crippen molar-refractivity contribution in [2.45, 2.75) is 44.3 Å². The average Bonchev–Trinajstić information content (AvgIpc) is 3.54. The van der Waals surface area contributed by atoms with Crippen molar-refractivity contribution in [1.29, 1.82) is 0 Å². The molecule has 0 radical (unpaired) electrons. The van der Waals surface area contributed by atoms with Crippen molar-refractivity contribution in [1.82, 2.24) is 5.16 Å². The first-order chi connectivity index (χ1) is 18.2. The lowest BCUT2D eigenvalue weighted by atomic mass is 9.98. The highest BCUT2D eigenvalue weighted by Gasteiger charge is 2.40. The van der Waals surface area contributed by atoms with Gasteiger partial charge in [-0.25, -0.2) is 0 Å². The number of hydrogen-bond acceptors (Lipinski definition) is 6. The second kappa shape index (κ2) is 10.6. The Morgan fingerprint density at radius 2 is 1.68 bits per heavy atom. The van der Waals surface area contributed by atoms with Crippen LogP contribution in [-0.4, -0.2) is 16.7 Å². The summed E-state index contributed by atoms with van der Waals surface area (Å²) in [5, 5.41) is 16.3. The second-order valence-electron chi connectivity index (χ2n) is 9.70. The smallest absolute Gasteiger partial charge is 0.298 e. The highest BCUT2D eigenvalue weighted by molar-refractivity contribution is 6.39. The van der Waals surface area contributed by atoms with Gasteiger partial charge in [-0.3, -0.25) is 4.79 Å². The third-order valence-corrected chi connectivity index (χ3v) is 7.54. The van der Waals surface area contributed by atoms with Crippen molar-refractivity contribution in [2.24, 2.45) is 0 Å². The van der Waals surface area contributed by atoms with Gasteiger partial charge in [0.1, 0.15) is 29.4 Å². The highest BCUT2D eigenvalue weighted by atomic mass is 35.5. The lowest BCUT2D eigenvalue weighted by Crippen LogP contribution is -2.17. The van der Waals surface area contributed by atoms with E-state index in [1.54, 1.807) is 50.2 Å². The second-order valence-corrected chi connectivity index (χ2v) is 10.9. The predicted octanol–water partition coefficient (Wildman–Crippen LogP) is 7.91. The Morgan fingerprint density at radius 1 is 1.00 bits per heavy atom. The van der Waals surface area contributed by atoms with Crippen LogP contribution in [-0.2, 0) is 17.0 Å². The van der Waals surface area contributed by atoms with Gasteiger partial charge in [0.25, 0.3) is 6.47 Å². The van der Waals surface area contributed by atoms with Gasteiger partial charge in [-0.15, -0.1) is 0 Å². The molecule has 38 heavy (non-hydrogen) atoms. The van der Waals surface area contributed by atoms with E-state index in [4.69, 9.17) is 48.8 Å². The summed E-state index contributed by atoms with van der Waals surface area (Å²) in [6.07, 6.45) is 0.978. The van der Waals surface area contributed by atoms with Gasteiger partial charge in [-0.2, -0.15) is 0 Å². The van der Waals surface area contributed by atoms with Crippen molar-refractivity contribution in [3.63, 3.8) is 0 Å². The van der Waals surface area contributed by atoms with Gasteiger partial charge in [0.15, 0.2) is 5.76 Å². The Bertz CT molecular complexity index is 1460. The van der Waals surface area contributed by atoms with Crippen molar-refractivity contribution < 1.29 is 23.9 Å². The van der Waals surface area contributed by atoms with E-state index in [1.165, 1.54) is 5.56 Å². The van der Waals surface area contributed by atoms with Gasteiger partial charge in [-0.1, -0.05) is 64.2 Å². The number of hydrogen-bond donors (Lipinski definition) is 1. The van der Waals surface area contributed by atoms with E-state index in [0.29, 0.717) is 61.7 Å². The molecule has 2 unspecified atom stereocenters. The van der Waals surface area contributed by atoms with E-state index < -0.39 is 5.60 Å². The quantitative estimate of drug-likeness (QED) is 0.205. The average molecular weight is 573 g/mol. The zero-order chi connectivity index (χ0) is 27.0. The van der Waals surface area contributed by atoms with Crippen LogP contribution >= 0.6 is 34.8 Å². The first-order valence-corrected chi connectivity index (χ1v) is 13.1. The maximum absolute atomic E-state index is 10.7. The molecule has 1 heterocycles. The van der Waals surface area contributed by atoms with Gasteiger partial charge in [0.05, 0.1) is 15.6 Å². The number of aliphatic hydroxyl groups is 1. The third-order valence-electron chi connectivity index (χ3n) is 6.58. The predicted molar refractivity (Wildman–Crippen MR) is 146 cm³/mol. The Hall–Kier alpha value is -3.03. The minimum atomic E-state index is -1.31. The number of carbonyl (C=O) groups is 1. The number of rotatable bonds is 9. The topological polar surface area (TPSA) is 81.8 Å². The maximum atomic E-state index is 10.7. The van der Waals surface area contributed by atoms with Gasteiger partial charge >= 0.3 is 0 Å². The summed E-state index contributed by atoms with van der Waals surface area (Å²) in [4.78, 5) is 10.5. The molecule has 1 aliphatic rings. The van der Waals surface area contributed by atoms with Crippen LogP contribution in [0.1, 0.15) is 54.6 Å². The molecular weight excluding hydrogens is 549 g/mol. The van der Waals surface area contributed by atoms with E-state index in [2.05, 4.69) is 5.16 Å². The zero-order valence-electron chi connectivity index (χ0n) is 20.6. The summed E-state index contributed by atoms with van der Waals surface area (Å²) in [5.41, 5.74) is 2.36. The van der Waals surface area contributed by atoms with Crippen LogP contribution < -0.4 is 9.47 Å². The van der Waals surface area contributed by atoms with Crippen LogP contribution in [0.5, 0.6) is 11.5 Å². The number of halogens is 3. The highest BCUT2D eigenvalue weighted by Crippen LogP contribution is 2.56. The molecular formula is C29H24Cl3NO5. The van der Waals surface area contributed by atoms with E-state index >= 15 is 0 Å². The molecule has 4 aromatic rings. The molecule has 196 valence electrons. The Labute approximate surface area is 235 Å². The monoisotopic (exact) mass is 571 g/mol. The molecule has 0 bridgehead atoms. The molecule has 3 aromatic carbocycles. The first-order valence-electron chi connectivity index (χ1n) is 12.0. The molecule has 6 nitrogen and oxygen atoms in total. The molecule has 2 atom stereocenters. The largest absolute Gasteiger partial charge is 0.489 e. The number of ether oxygens (including phenoxy) is 2. The fourth-order valence-electron chi connectivity index (χ4n) is 4.65. The Morgan fingerprint density at radius 3 is 2.32 bits per heavy atom. The Kier molecular flexibility index (Phi) is 7.43. The lowest BCUT2D eigenvalue weighted by molar-refractivity contribution is -0.120. The van der Waals surface area contributed by atoms with E-state index in [0.717, 1.165) is 12.0 Å². The standard InChI is InChI=1S/C29H24Cl3NO5/c1-29(2,35)28-22(27(33-38-28)26-23(30)4-3-5-24(26)31)14-36-18-10-11-19(25(32)12-18)21-13-20(21)16-6-8-17(9-7-16)37-15-34/h3-12,15,20-21,35H,13-14H2,1-2H3. The summed E-state index contributed by atoms with van der Waals surface area (Å²) in [5.74, 6) is 1.98. The Balaban J connectivity index is 1.35. The molecule has 1 aromatic heterocycles. The van der Waals surface area contributed by atoms with Crippen molar-refractivity contribution in [3.8, 4) is 22.8 Å². The van der Waals surface area contributed by atoms with Gasteiger partial charge in [0.2, 0.25) is 0 Å². The molecule has 9 heteroatoms. The zero-order valence-corrected chi connectivity index (χ0v) is 22.8. The summed E-state index contributed by atoms with van der Waals surface area (Å²) < 4.78 is 16.5. The molecule has 0 spiro atoms. The minimum absolute atomic E-state index is 0.0522. The summed E-state index contributed by atoms with van der Waals surface area (Å²) in [7, 11) is 0. The minimum Gasteiger partial charge on any atom is -0.489 e. The first kappa shape index (κ1) is 26.6. The molecule has 0 saturated heterocycles. The van der Waals surface area contributed by atoms with Crippen molar-refractivity contribution >= 4 is 41.3 Å². The fourth-order valence-corrected chi connectivity index (χ4v) is 5.54. The molecule has 1 N–H and O–H groups in total. The van der Waals surface area contributed by atoms with Crippen LogP contribution in [0.15, 0.2) is 65.2 Å². The van der Waals surface area contributed by atoms with Crippen LogP contribution in [0.25, 0.3) is 11.3 Å². The van der Waals surface area contributed by atoms with Crippen LogP contribution in [0.4, 0.5) is 0 Å². The van der Waals surface area contributed by atoms with Crippen molar-refractivity contribution in [3.05, 3.63) is 98.2 Å². The van der Waals surface area contributed by atoms with Gasteiger partial charge in [0, 0.05) is 10.6 Å². The molecule has 5 rings (SSSR count). The van der Waals surface area contributed by atoms with E-state index in [-0.39, 0.29) is 12.4 Å². The molecule has 1 saturated carbocycles. The third kappa shape index (κ3) is 5.40. The van der Waals surface area contributed by atoms with E-state index in [9.17, 15) is 9.90 Å². The summed E-state index contributed by atoms with van der Waals surface area (Å²) >= 11 is 19.5. The van der Waals surface area contributed by atoms with E-state index in [1.807, 2.05) is 24.3 Å². The fraction of sp³-hybridized carbons (Fsp3) is 0.241. The molecule has 0 aliphatic heterocycles. The SMILES string of the molecule is CC(C)(O)c1onc(-c2c(Cl)cccc2Cl)c1COc1ccc(C2CC2c2ccc(OC=O)cc2)c(Cl)c1. The maximum Gasteiger partial charge on any atom is 0.298 e. The van der Waals surface area contributed by atoms with Gasteiger partial charge in [-0.05, 0) is 79.6 Å².